The van der Waals surface area contributed by atoms with Gasteiger partial charge in [-0.3, -0.25) is 4.79 Å². The lowest BCUT2D eigenvalue weighted by Gasteiger charge is -2.66. The van der Waals surface area contributed by atoms with Gasteiger partial charge in [0.15, 0.2) is 0 Å². The molecule has 4 nitrogen and oxygen atoms in total. The molecule has 0 aliphatic heterocycles. The van der Waals surface area contributed by atoms with Crippen molar-refractivity contribution in [2.45, 2.75) is 98.8 Å². The fourth-order valence-electron chi connectivity index (χ4n) is 8.88. The highest BCUT2D eigenvalue weighted by Crippen LogP contribution is 2.73. The molecule has 0 heterocycles. The van der Waals surface area contributed by atoms with E-state index in [2.05, 4.69) is 40.9 Å². The van der Waals surface area contributed by atoms with Crippen LogP contribution in [-0.2, 0) is 9.59 Å². The van der Waals surface area contributed by atoms with E-state index < -0.39 is 11.9 Å². The molecule has 3 aliphatic rings. The average Bonchev–Trinajstić information content (AvgIpc) is 3.10. The highest BCUT2D eigenvalue weighted by atomic mass is 16.4. The number of rotatable bonds is 9. The van der Waals surface area contributed by atoms with E-state index in [4.69, 9.17) is 5.11 Å². The van der Waals surface area contributed by atoms with Crippen molar-refractivity contribution in [3.8, 4) is 0 Å². The van der Waals surface area contributed by atoms with Crippen LogP contribution in [0.1, 0.15) is 98.8 Å². The number of carbonyl (C=O) groups is 2. The smallest absolute Gasteiger partial charge is 0.330 e. The molecule has 0 radical (unpaired) electrons. The number of allylic oxidation sites excluding steroid dienone is 3. The molecule has 3 saturated carbocycles. The summed E-state index contributed by atoms with van der Waals surface area (Å²) < 4.78 is 0. The summed E-state index contributed by atoms with van der Waals surface area (Å²) in [6.07, 6.45) is 11.4. The van der Waals surface area contributed by atoms with E-state index in [0.29, 0.717) is 29.2 Å². The summed E-state index contributed by atoms with van der Waals surface area (Å²) in [6.45, 7) is 20.0. The summed E-state index contributed by atoms with van der Waals surface area (Å²) in [6, 6.07) is 0. The quantitative estimate of drug-likeness (QED) is 0.268. The van der Waals surface area contributed by atoms with E-state index in [1.165, 1.54) is 36.8 Å². The molecule has 4 heteroatoms. The van der Waals surface area contributed by atoms with Crippen molar-refractivity contribution in [3.05, 3.63) is 36.0 Å². The van der Waals surface area contributed by atoms with Gasteiger partial charge < -0.3 is 10.2 Å². The zero-order valence-corrected chi connectivity index (χ0v) is 22.1. The maximum Gasteiger partial charge on any atom is 0.330 e. The van der Waals surface area contributed by atoms with E-state index in [1.807, 2.05) is 6.08 Å². The summed E-state index contributed by atoms with van der Waals surface area (Å²) in [7, 11) is 0. The first kappa shape index (κ1) is 26.8. The van der Waals surface area contributed by atoms with Crippen LogP contribution in [0, 0.1) is 39.9 Å². The summed E-state index contributed by atoms with van der Waals surface area (Å²) in [5.41, 5.74) is 3.29. The monoisotopic (exact) mass is 470 g/mol. The second-order valence-electron chi connectivity index (χ2n) is 12.4. The maximum absolute atomic E-state index is 11.6. The minimum absolute atomic E-state index is 0.0283. The molecule has 0 aromatic heterocycles. The minimum Gasteiger partial charge on any atom is -0.481 e. The van der Waals surface area contributed by atoms with Crippen molar-refractivity contribution in [1.29, 1.82) is 0 Å². The number of aliphatic carboxylic acids is 2. The second kappa shape index (κ2) is 9.66. The molecule has 7 atom stereocenters. The van der Waals surface area contributed by atoms with Crippen LogP contribution in [0.2, 0.25) is 0 Å². The third-order valence-corrected chi connectivity index (χ3v) is 10.9. The van der Waals surface area contributed by atoms with Crippen LogP contribution in [0.4, 0.5) is 0 Å². The van der Waals surface area contributed by atoms with E-state index in [9.17, 15) is 14.7 Å². The van der Waals surface area contributed by atoms with Crippen LogP contribution in [0.25, 0.3) is 0 Å². The highest BCUT2D eigenvalue weighted by molar-refractivity contribution is 5.85. The molecule has 0 bridgehead atoms. The van der Waals surface area contributed by atoms with Crippen LogP contribution in [0.15, 0.2) is 36.0 Å². The molecule has 1 unspecified atom stereocenters. The minimum atomic E-state index is -0.846. The largest absolute Gasteiger partial charge is 0.481 e. The Bertz CT molecular complexity index is 884. The molecule has 0 aromatic rings. The van der Waals surface area contributed by atoms with Gasteiger partial charge in [-0.1, -0.05) is 51.2 Å². The zero-order valence-electron chi connectivity index (χ0n) is 22.1. The number of hydrogen-bond acceptors (Lipinski definition) is 2. The van der Waals surface area contributed by atoms with E-state index in [0.717, 1.165) is 32.1 Å². The van der Waals surface area contributed by atoms with E-state index >= 15 is 0 Å². The third kappa shape index (κ3) is 4.42. The molecule has 34 heavy (non-hydrogen) atoms. The van der Waals surface area contributed by atoms with Crippen molar-refractivity contribution < 1.29 is 19.8 Å². The van der Waals surface area contributed by atoms with Gasteiger partial charge in [-0.05, 0) is 112 Å². The maximum atomic E-state index is 11.6. The van der Waals surface area contributed by atoms with Gasteiger partial charge in [0.1, 0.15) is 0 Å². The Morgan fingerprint density at radius 1 is 0.941 bits per heavy atom. The Labute approximate surface area is 206 Å². The fraction of sp³-hybridized carbons (Fsp3) is 0.733. The van der Waals surface area contributed by atoms with Crippen LogP contribution in [0.3, 0.4) is 0 Å². The number of fused-ring (bicyclic) bond motifs is 3. The molecule has 0 aromatic carbocycles. The first-order valence-electron chi connectivity index (χ1n) is 13.2. The number of carboxylic acid groups (broad SMARTS) is 2. The van der Waals surface area contributed by atoms with Crippen molar-refractivity contribution >= 4 is 11.9 Å². The predicted molar refractivity (Wildman–Crippen MR) is 137 cm³/mol. The van der Waals surface area contributed by atoms with Gasteiger partial charge in [0, 0.05) is 12.0 Å². The third-order valence-electron chi connectivity index (χ3n) is 10.9. The van der Waals surface area contributed by atoms with E-state index in [1.54, 1.807) is 6.92 Å². The Hall–Kier alpha value is -1.84. The lowest BCUT2D eigenvalue weighted by molar-refractivity contribution is -0.169. The lowest BCUT2D eigenvalue weighted by Crippen LogP contribution is -2.59. The summed E-state index contributed by atoms with van der Waals surface area (Å²) in [5.74, 6) is 0.465. The van der Waals surface area contributed by atoms with Gasteiger partial charge in [0.2, 0.25) is 0 Å². The average molecular weight is 471 g/mol. The molecule has 3 rings (SSSR count). The van der Waals surface area contributed by atoms with Gasteiger partial charge in [0.05, 0.1) is 0 Å². The molecule has 3 fully saturated rings. The number of carboxylic acids is 2. The fourth-order valence-corrected chi connectivity index (χ4v) is 8.88. The van der Waals surface area contributed by atoms with Crippen LogP contribution < -0.4 is 0 Å². The van der Waals surface area contributed by atoms with Crippen molar-refractivity contribution in [2.75, 3.05) is 0 Å². The highest BCUT2D eigenvalue weighted by Gasteiger charge is 2.65. The molecular weight excluding hydrogens is 424 g/mol. The standard InChI is InChI=1S/C30H46O4/c1-19(2)23-14-18-30(7)25(28(23,5)16-15-26(31)32)12-11-24-22(13-17-29(24,30)6)20(3)9-8-10-21(4)27(33)34/h10,22-25H,1,3,8-9,11-18H2,2,4-7H3,(H,31,32)(H,33,34)/t22-,23?,24+,25-,28+,29+,30-/m1/s1. The Kier molecular flexibility index (Phi) is 7.60. The van der Waals surface area contributed by atoms with Gasteiger partial charge >= 0.3 is 11.9 Å². The topological polar surface area (TPSA) is 74.6 Å². The first-order chi connectivity index (χ1) is 15.8. The van der Waals surface area contributed by atoms with Crippen molar-refractivity contribution in [3.63, 3.8) is 0 Å². The van der Waals surface area contributed by atoms with Gasteiger partial charge in [-0.15, -0.1) is 0 Å². The van der Waals surface area contributed by atoms with Crippen LogP contribution in [-0.4, -0.2) is 22.2 Å². The van der Waals surface area contributed by atoms with E-state index in [-0.39, 0.29) is 22.7 Å². The van der Waals surface area contributed by atoms with Gasteiger partial charge in [-0.25, -0.2) is 4.79 Å². The Balaban J connectivity index is 1.84. The normalized spacial score (nSPS) is 39.7. The molecule has 3 aliphatic carbocycles. The predicted octanol–water partition coefficient (Wildman–Crippen LogP) is 7.66. The summed E-state index contributed by atoms with van der Waals surface area (Å²) in [5, 5.41) is 18.6. The van der Waals surface area contributed by atoms with Gasteiger partial charge in [0.25, 0.3) is 0 Å². The zero-order chi connectivity index (χ0) is 25.5. The number of hydrogen-bond donors (Lipinski definition) is 2. The molecule has 0 spiro atoms. The lowest BCUT2D eigenvalue weighted by atomic mass is 9.38. The molecule has 0 amide bonds. The molecule has 190 valence electrons. The Morgan fingerprint density at radius 2 is 1.59 bits per heavy atom. The molecule has 2 N–H and O–H groups in total. The molecular formula is C30H46O4. The second-order valence-corrected chi connectivity index (χ2v) is 12.4. The van der Waals surface area contributed by atoms with Gasteiger partial charge in [-0.2, -0.15) is 0 Å². The van der Waals surface area contributed by atoms with Crippen LogP contribution >= 0.6 is 0 Å². The SMILES string of the molecule is C=C(C)C1CC[C@]2(C)[C@H](CC[C@H]3[C@@H](C(=C)CCC=C(C)C(=O)O)CC[C@@]32C)[C@@]1(C)CCC(=O)O. The van der Waals surface area contributed by atoms with Crippen molar-refractivity contribution in [1.82, 2.24) is 0 Å². The summed E-state index contributed by atoms with van der Waals surface area (Å²) in [4.78, 5) is 22.7. The van der Waals surface area contributed by atoms with Crippen molar-refractivity contribution in [2.24, 2.45) is 39.9 Å². The van der Waals surface area contributed by atoms with Crippen LogP contribution in [0.5, 0.6) is 0 Å². The summed E-state index contributed by atoms with van der Waals surface area (Å²) >= 11 is 0. The Morgan fingerprint density at radius 3 is 2.18 bits per heavy atom. The first-order valence-corrected chi connectivity index (χ1v) is 13.2. The molecule has 0 saturated heterocycles.